The van der Waals surface area contributed by atoms with E-state index in [1.165, 1.54) is 12.1 Å². The lowest BCUT2D eigenvalue weighted by atomic mass is 10.2. The normalized spacial score (nSPS) is 11.6. The molecule has 4 aromatic rings. The summed E-state index contributed by atoms with van der Waals surface area (Å²) in [5.74, 6) is 0.688. The predicted molar refractivity (Wildman–Crippen MR) is 104 cm³/mol. The number of primary sulfonamides is 1. The minimum absolute atomic E-state index is 0.0942. The van der Waals surface area contributed by atoms with Crippen LogP contribution >= 0.6 is 0 Å². The zero-order chi connectivity index (χ0) is 18.9. The van der Waals surface area contributed by atoms with Crippen LogP contribution in [-0.2, 0) is 16.6 Å². The number of nitrogens with zero attached hydrogens (tertiary/aromatic N) is 3. The summed E-state index contributed by atoms with van der Waals surface area (Å²) in [7, 11) is -3.68. The van der Waals surface area contributed by atoms with Crippen LogP contribution in [-0.4, -0.2) is 23.0 Å². The number of benzene rings is 2. The summed E-state index contributed by atoms with van der Waals surface area (Å²) in [5, 5.41) is 13.0. The molecule has 0 spiro atoms. The molecular weight excluding hydrogens is 362 g/mol. The van der Waals surface area contributed by atoms with Gasteiger partial charge in [0.25, 0.3) is 0 Å². The van der Waals surface area contributed by atoms with Gasteiger partial charge in [-0.2, -0.15) is 0 Å². The summed E-state index contributed by atoms with van der Waals surface area (Å²) in [6.07, 6.45) is 1.80. The monoisotopic (exact) mass is 379 g/mol. The van der Waals surface area contributed by atoms with Crippen LogP contribution in [0.3, 0.4) is 0 Å². The first kappa shape index (κ1) is 17.2. The van der Waals surface area contributed by atoms with Gasteiger partial charge in [-0.15, -0.1) is 5.10 Å². The molecule has 0 saturated carbocycles. The van der Waals surface area contributed by atoms with Crippen LogP contribution in [0.2, 0.25) is 0 Å². The Hall–Kier alpha value is -3.23. The first-order valence-corrected chi connectivity index (χ1v) is 9.81. The van der Waals surface area contributed by atoms with Gasteiger partial charge in [0.15, 0.2) is 5.65 Å². The molecule has 0 aliphatic rings. The van der Waals surface area contributed by atoms with E-state index in [1.807, 2.05) is 42.5 Å². The second kappa shape index (κ2) is 6.82. The lowest BCUT2D eigenvalue weighted by Gasteiger charge is -2.08. The summed E-state index contributed by atoms with van der Waals surface area (Å²) in [4.78, 5) is 4.49. The summed E-state index contributed by atoms with van der Waals surface area (Å²) in [5.41, 5.74) is 3.62. The average molecular weight is 379 g/mol. The van der Waals surface area contributed by atoms with Crippen molar-refractivity contribution < 1.29 is 8.42 Å². The number of fused-ring (bicyclic) bond motifs is 1. The maximum atomic E-state index is 11.3. The molecule has 2 aromatic carbocycles. The first-order chi connectivity index (χ1) is 13.0. The van der Waals surface area contributed by atoms with Crippen LogP contribution in [0.15, 0.2) is 77.8 Å². The molecule has 27 heavy (non-hydrogen) atoms. The smallest absolute Gasteiger partial charge is 0.238 e. The van der Waals surface area contributed by atoms with Crippen molar-refractivity contribution in [1.82, 2.24) is 14.6 Å². The molecular formula is C19H17N5O2S. The highest BCUT2D eigenvalue weighted by Crippen LogP contribution is 2.20. The van der Waals surface area contributed by atoms with Crippen molar-refractivity contribution in [2.45, 2.75) is 11.4 Å². The molecule has 0 aliphatic carbocycles. The number of hydrogen-bond donors (Lipinski definition) is 2. The molecule has 0 bridgehead atoms. The minimum Gasteiger partial charge on any atom is -0.365 e. The van der Waals surface area contributed by atoms with Crippen molar-refractivity contribution in [2.75, 3.05) is 5.32 Å². The van der Waals surface area contributed by atoms with Crippen LogP contribution in [0.4, 0.5) is 5.82 Å². The molecule has 2 heterocycles. The van der Waals surface area contributed by atoms with Gasteiger partial charge in [0.05, 0.1) is 16.8 Å². The fraction of sp³-hybridized carbons (Fsp3) is 0.0526. The Morgan fingerprint density at radius 3 is 2.41 bits per heavy atom. The van der Waals surface area contributed by atoms with Gasteiger partial charge in [0.1, 0.15) is 5.82 Å². The second-order valence-electron chi connectivity index (χ2n) is 6.04. The van der Waals surface area contributed by atoms with E-state index in [-0.39, 0.29) is 4.90 Å². The highest BCUT2D eigenvalue weighted by Gasteiger charge is 2.09. The van der Waals surface area contributed by atoms with Crippen LogP contribution in [0.25, 0.3) is 16.9 Å². The Bertz CT molecular complexity index is 1190. The number of anilines is 1. The molecule has 0 radical (unpaired) electrons. The third-order valence-corrected chi connectivity index (χ3v) is 5.09. The Labute approximate surface area is 156 Å². The van der Waals surface area contributed by atoms with Crippen LogP contribution in [0.5, 0.6) is 0 Å². The fourth-order valence-corrected chi connectivity index (χ4v) is 3.28. The molecule has 136 valence electrons. The van der Waals surface area contributed by atoms with Gasteiger partial charge in [-0.25, -0.2) is 23.1 Å². The number of aromatic nitrogens is 3. The van der Waals surface area contributed by atoms with Gasteiger partial charge in [0, 0.05) is 12.1 Å². The van der Waals surface area contributed by atoms with Crippen molar-refractivity contribution in [3.63, 3.8) is 0 Å². The quantitative estimate of drug-likeness (QED) is 0.555. The highest BCUT2D eigenvalue weighted by molar-refractivity contribution is 7.89. The van der Waals surface area contributed by atoms with Gasteiger partial charge >= 0.3 is 0 Å². The molecule has 0 unspecified atom stereocenters. The standard InChI is InChI=1S/C19H17N5O2S/c20-27(25,26)16-8-6-14(7-9-16)12-21-18-10-11-19-22-13-17(24(19)23-18)15-4-2-1-3-5-15/h1-11,13H,12H2,(H,21,23)(H2,20,25,26). The lowest BCUT2D eigenvalue weighted by Crippen LogP contribution is -2.12. The van der Waals surface area contributed by atoms with Gasteiger partial charge in [0.2, 0.25) is 10.0 Å². The van der Waals surface area contributed by atoms with E-state index < -0.39 is 10.0 Å². The number of hydrogen-bond acceptors (Lipinski definition) is 5. The Balaban J connectivity index is 1.56. The molecule has 0 amide bonds. The summed E-state index contributed by atoms with van der Waals surface area (Å²) in [6, 6.07) is 20.1. The molecule has 7 nitrogen and oxygen atoms in total. The van der Waals surface area contributed by atoms with Crippen molar-refractivity contribution in [3.8, 4) is 11.3 Å². The SMILES string of the molecule is NS(=O)(=O)c1ccc(CNc2ccc3ncc(-c4ccccc4)n3n2)cc1. The third-order valence-electron chi connectivity index (χ3n) is 4.16. The van der Waals surface area contributed by atoms with Gasteiger partial charge < -0.3 is 5.32 Å². The largest absolute Gasteiger partial charge is 0.365 e. The molecule has 2 aromatic heterocycles. The highest BCUT2D eigenvalue weighted by atomic mass is 32.2. The number of rotatable bonds is 5. The number of imidazole rings is 1. The van der Waals surface area contributed by atoms with Crippen LogP contribution in [0.1, 0.15) is 5.56 Å². The maximum Gasteiger partial charge on any atom is 0.238 e. The van der Waals surface area contributed by atoms with E-state index >= 15 is 0 Å². The summed E-state index contributed by atoms with van der Waals surface area (Å²) in [6.45, 7) is 0.499. The molecule has 0 saturated heterocycles. The van der Waals surface area contributed by atoms with Crippen molar-refractivity contribution in [3.05, 3.63) is 78.5 Å². The van der Waals surface area contributed by atoms with E-state index in [9.17, 15) is 8.42 Å². The lowest BCUT2D eigenvalue weighted by molar-refractivity contribution is 0.598. The molecule has 4 rings (SSSR count). The van der Waals surface area contributed by atoms with Gasteiger partial charge in [-0.1, -0.05) is 42.5 Å². The van der Waals surface area contributed by atoms with Crippen molar-refractivity contribution in [1.29, 1.82) is 0 Å². The predicted octanol–water partition coefficient (Wildman–Crippen LogP) is 2.66. The molecule has 0 fully saturated rings. The molecule has 0 atom stereocenters. The molecule has 0 aliphatic heterocycles. The first-order valence-electron chi connectivity index (χ1n) is 8.26. The Kier molecular flexibility index (Phi) is 4.35. The number of sulfonamides is 1. The van der Waals surface area contributed by atoms with Crippen molar-refractivity contribution >= 4 is 21.5 Å². The second-order valence-corrected chi connectivity index (χ2v) is 7.60. The van der Waals surface area contributed by atoms with E-state index in [1.54, 1.807) is 22.8 Å². The number of nitrogens with two attached hydrogens (primary N) is 1. The van der Waals surface area contributed by atoms with Crippen molar-refractivity contribution in [2.24, 2.45) is 5.14 Å². The summed E-state index contributed by atoms with van der Waals surface area (Å²) < 4.78 is 24.4. The Morgan fingerprint density at radius 1 is 0.963 bits per heavy atom. The Morgan fingerprint density at radius 2 is 1.70 bits per heavy atom. The average Bonchev–Trinajstić information content (AvgIpc) is 3.10. The fourth-order valence-electron chi connectivity index (χ4n) is 2.76. The number of nitrogens with one attached hydrogen (secondary N) is 1. The molecule has 3 N–H and O–H groups in total. The topological polar surface area (TPSA) is 102 Å². The van der Waals surface area contributed by atoms with Crippen LogP contribution in [0, 0.1) is 0 Å². The van der Waals surface area contributed by atoms with Gasteiger partial charge in [-0.3, -0.25) is 0 Å². The zero-order valence-corrected chi connectivity index (χ0v) is 15.1. The molecule has 8 heteroatoms. The summed E-state index contributed by atoms with van der Waals surface area (Å²) >= 11 is 0. The van der Waals surface area contributed by atoms with E-state index in [0.717, 1.165) is 22.5 Å². The third kappa shape index (κ3) is 3.67. The minimum atomic E-state index is -3.68. The van der Waals surface area contributed by atoms with Gasteiger partial charge in [-0.05, 0) is 29.8 Å². The zero-order valence-electron chi connectivity index (χ0n) is 14.3. The van der Waals surface area contributed by atoms with Crippen LogP contribution < -0.4 is 10.5 Å². The maximum absolute atomic E-state index is 11.3. The van der Waals surface area contributed by atoms with E-state index in [4.69, 9.17) is 5.14 Å². The van der Waals surface area contributed by atoms with E-state index in [0.29, 0.717) is 12.4 Å². The van der Waals surface area contributed by atoms with E-state index in [2.05, 4.69) is 15.4 Å².